The molecular formula is C26H14Cl3N3O. The van der Waals surface area contributed by atoms with Crippen molar-refractivity contribution in [1.82, 2.24) is 13.8 Å². The predicted molar refractivity (Wildman–Crippen MR) is 134 cm³/mol. The minimum atomic E-state index is -0.129. The van der Waals surface area contributed by atoms with Crippen LogP contribution in [0.5, 0.6) is 0 Å². The summed E-state index contributed by atoms with van der Waals surface area (Å²) in [7, 11) is 0. The lowest BCUT2D eigenvalue weighted by atomic mass is 10.0. The van der Waals surface area contributed by atoms with Gasteiger partial charge in [0.2, 0.25) is 5.78 Å². The van der Waals surface area contributed by atoms with Gasteiger partial charge in [-0.05, 0) is 48.5 Å². The van der Waals surface area contributed by atoms with Crippen LogP contribution in [0.3, 0.4) is 0 Å². The van der Waals surface area contributed by atoms with Crippen LogP contribution in [-0.2, 0) is 0 Å². The first-order valence-corrected chi connectivity index (χ1v) is 11.3. The van der Waals surface area contributed by atoms with Gasteiger partial charge in [0, 0.05) is 22.3 Å². The van der Waals surface area contributed by atoms with E-state index in [0.29, 0.717) is 37.5 Å². The number of carbonyl (C=O) groups is 1. The summed E-state index contributed by atoms with van der Waals surface area (Å²) in [5, 5.41) is 1.42. The van der Waals surface area contributed by atoms with Gasteiger partial charge in [0.25, 0.3) is 0 Å². The Morgan fingerprint density at radius 3 is 2.27 bits per heavy atom. The fourth-order valence-electron chi connectivity index (χ4n) is 4.27. The van der Waals surface area contributed by atoms with Crippen molar-refractivity contribution in [3.8, 4) is 11.3 Å². The zero-order valence-corrected chi connectivity index (χ0v) is 19.2. The Morgan fingerprint density at radius 1 is 0.788 bits per heavy atom. The molecule has 0 radical (unpaired) electrons. The molecule has 3 aromatic carbocycles. The Morgan fingerprint density at radius 2 is 1.52 bits per heavy atom. The van der Waals surface area contributed by atoms with Crippen molar-refractivity contribution in [3.05, 3.63) is 111 Å². The number of nitrogens with zero attached hydrogens (tertiary/aromatic N) is 3. The van der Waals surface area contributed by atoms with Crippen molar-refractivity contribution in [2.75, 3.05) is 0 Å². The fourth-order valence-corrected chi connectivity index (χ4v) is 4.71. The molecule has 33 heavy (non-hydrogen) atoms. The van der Waals surface area contributed by atoms with Crippen molar-refractivity contribution in [2.45, 2.75) is 0 Å². The highest BCUT2D eigenvalue weighted by molar-refractivity contribution is 6.42. The molecule has 4 nitrogen and oxygen atoms in total. The van der Waals surface area contributed by atoms with Crippen LogP contribution in [0.2, 0.25) is 15.1 Å². The second-order valence-corrected chi connectivity index (χ2v) is 8.94. The molecule has 0 bridgehead atoms. The van der Waals surface area contributed by atoms with Crippen LogP contribution in [0.15, 0.2) is 85.1 Å². The van der Waals surface area contributed by atoms with Crippen LogP contribution in [0.4, 0.5) is 0 Å². The normalized spacial score (nSPS) is 11.6. The summed E-state index contributed by atoms with van der Waals surface area (Å²) in [6, 6.07) is 24.1. The molecule has 0 saturated heterocycles. The van der Waals surface area contributed by atoms with Gasteiger partial charge in [-0.15, -0.1) is 0 Å². The van der Waals surface area contributed by atoms with E-state index in [1.165, 1.54) is 0 Å². The average Bonchev–Trinajstić information content (AvgIpc) is 3.44. The van der Waals surface area contributed by atoms with Crippen molar-refractivity contribution < 1.29 is 4.79 Å². The van der Waals surface area contributed by atoms with Gasteiger partial charge >= 0.3 is 0 Å². The third kappa shape index (κ3) is 3.14. The van der Waals surface area contributed by atoms with E-state index in [-0.39, 0.29) is 5.78 Å². The maximum Gasteiger partial charge on any atom is 0.211 e. The number of hydrogen-bond acceptors (Lipinski definition) is 2. The molecule has 0 saturated carbocycles. The summed E-state index contributed by atoms with van der Waals surface area (Å²) >= 11 is 18.8. The number of imidazole rings is 1. The Hall–Kier alpha value is -3.31. The third-order valence-electron chi connectivity index (χ3n) is 5.73. The number of ketones is 1. The minimum Gasteiger partial charge on any atom is -0.308 e. The SMILES string of the molecule is O=C(c1ccc(Cl)cc1)c1c(-c2ccccc2)n2c3cc(Cl)c(Cl)cc3nc2c2cccn12. The summed E-state index contributed by atoms with van der Waals surface area (Å²) in [4.78, 5) is 18.8. The fraction of sp³-hybridized carbons (Fsp3) is 0. The maximum absolute atomic E-state index is 13.9. The zero-order valence-electron chi connectivity index (χ0n) is 17.0. The van der Waals surface area contributed by atoms with Crippen LogP contribution >= 0.6 is 34.8 Å². The lowest BCUT2D eigenvalue weighted by molar-refractivity contribution is 0.103. The number of benzene rings is 3. The maximum atomic E-state index is 13.9. The highest BCUT2D eigenvalue weighted by Crippen LogP contribution is 2.35. The summed E-state index contributed by atoms with van der Waals surface area (Å²) in [6.07, 6.45) is 1.88. The van der Waals surface area contributed by atoms with E-state index in [4.69, 9.17) is 39.8 Å². The molecular weight excluding hydrogens is 477 g/mol. The topological polar surface area (TPSA) is 38.8 Å². The van der Waals surface area contributed by atoms with Crippen LogP contribution in [0.25, 0.3) is 33.5 Å². The van der Waals surface area contributed by atoms with Gasteiger partial charge in [-0.3, -0.25) is 9.20 Å². The highest BCUT2D eigenvalue weighted by Gasteiger charge is 2.25. The largest absolute Gasteiger partial charge is 0.308 e. The summed E-state index contributed by atoms with van der Waals surface area (Å²) in [5.74, 6) is -0.129. The molecule has 0 aliphatic rings. The molecule has 160 valence electrons. The number of fused-ring (bicyclic) bond motifs is 5. The van der Waals surface area contributed by atoms with Gasteiger partial charge in [-0.25, -0.2) is 4.98 Å². The molecule has 6 rings (SSSR count). The van der Waals surface area contributed by atoms with Gasteiger partial charge in [-0.1, -0.05) is 65.1 Å². The molecule has 3 aromatic heterocycles. The lowest BCUT2D eigenvalue weighted by Crippen LogP contribution is -2.13. The van der Waals surface area contributed by atoms with Crippen LogP contribution in [0, 0.1) is 0 Å². The van der Waals surface area contributed by atoms with Crippen LogP contribution in [0.1, 0.15) is 16.1 Å². The minimum absolute atomic E-state index is 0.129. The molecule has 6 aromatic rings. The first kappa shape index (κ1) is 20.3. The van der Waals surface area contributed by atoms with Crippen LogP contribution < -0.4 is 0 Å². The Kier molecular flexibility index (Phi) is 4.70. The van der Waals surface area contributed by atoms with Gasteiger partial charge in [0.15, 0.2) is 5.65 Å². The molecule has 0 N–H and O–H groups in total. The number of carbonyl (C=O) groups excluding carboxylic acids is 1. The molecule has 0 atom stereocenters. The quantitative estimate of drug-likeness (QED) is 0.240. The number of halogens is 3. The highest BCUT2D eigenvalue weighted by atomic mass is 35.5. The summed E-state index contributed by atoms with van der Waals surface area (Å²) < 4.78 is 3.88. The molecule has 0 amide bonds. The smallest absolute Gasteiger partial charge is 0.211 e. The van der Waals surface area contributed by atoms with Gasteiger partial charge in [-0.2, -0.15) is 0 Å². The van der Waals surface area contributed by atoms with E-state index in [1.807, 2.05) is 57.5 Å². The Labute approximate surface area is 203 Å². The molecule has 7 heteroatoms. The Balaban J connectivity index is 1.83. The van der Waals surface area contributed by atoms with Crippen molar-refractivity contribution in [2.24, 2.45) is 0 Å². The monoisotopic (exact) mass is 489 g/mol. The molecule has 0 aliphatic carbocycles. The first-order valence-electron chi connectivity index (χ1n) is 10.2. The van der Waals surface area contributed by atoms with Gasteiger partial charge in [0.05, 0.1) is 32.3 Å². The molecule has 0 aliphatic heterocycles. The van der Waals surface area contributed by atoms with E-state index in [9.17, 15) is 4.79 Å². The van der Waals surface area contributed by atoms with Crippen molar-refractivity contribution in [1.29, 1.82) is 0 Å². The second kappa shape index (κ2) is 7.63. The lowest BCUT2D eigenvalue weighted by Gasteiger charge is -2.16. The number of hydrogen-bond donors (Lipinski definition) is 0. The number of aromatic nitrogens is 3. The average molecular weight is 491 g/mol. The van der Waals surface area contributed by atoms with Crippen molar-refractivity contribution >= 4 is 62.8 Å². The number of rotatable bonds is 3. The van der Waals surface area contributed by atoms with Crippen molar-refractivity contribution in [3.63, 3.8) is 0 Å². The molecule has 0 spiro atoms. The zero-order chi connectivity index (χ0) is 22.7. The predicted octanol–water partition coefficient (Wildman–Crippen LogP) is 7.60. The van der Waals surface area contributed by atoms with Gasteiger partial charge < -0.3 is 4.40 Å². The van der Waals surface area contributed by atoms with E-state index < -0.39 is 0 Å². The molecule has 3 heterocycles. The standard InChI is InChI=1S/C26H14Cl3N3O/c27-17-10-8-16(9-11-17)25(33)24-23(15-5-2-1-3-6-15)32-22-14-19(29)18(28)13-20(22)30-26(32)21-7-4-12-31(21)24/h1-14H. The molecule has 0 fully saturated rings. The van der Waals surface area contributed by atoms with E-state index >= 15 is 0 Å². The second-order valence-electron chi connectivity index (χ2n) is 7.69. The van der Waals surface area contributed by atoms with E-state index in [1.54, 1.807) is 36.4 Å². The van der Waals surface area contributed by atoms with Crippen LogP contribution in [-0.4, -0.2) is 19.6 Å². The Bertz CT molecular complexity index is 1700. The molecule has 0 unspecified atom stereocenters. The first-order chi connectivity index (χ1) is 16.0. The van der Waals surface area contributed by atoms with Gasteiger partial charge in [0.1, 0.15) is 5.69 Å². The third-order valence-corrected chi connectivity index (χ3v) is 6.71. The summed E-state index contributed by atoms with van der Waals surface area (Å²) in [5.41, 5.74) is 5.62. The van der Waals surface area contributed by atoms with E-state index in [0.717, 1.165) is 22.3 Å². The van der Waals surface area contributed by atoms with E-state index in [2.05, 4.69) is 0 Å². The summed E-state index contributed by atoms with van der Waals surface area (Å²) in [6.45, 7) is 0.